The first-order chi connectivity index (χ1) is 23.4. The topological polar surface area (TPSA) is 39.3 Å². The van der Waals surface area contributed by atoms with Gasteiger partial charge in [-0.15, -0.1) is 0 Å². The van der Waals surface area contributed by atoms with Crippen LogP contribution in [0.25, 0.3) is 68.6 Å². The highest BCUT2D eigenvalue weighted by atomic mass is 79.9. The quantitative estimate of drug-likeness (QED) is 0.168. The summed E-state index contributed by atoms with van der Waals surface area (Å²) in [7, 11) is 0. The second-order valence-electron chi connectivity index (χ2n) is 13.1. The fraction of sp³-hybridized carbons (Fsp3) is 0.143. The molecule has 0 radical (unpaired) electrons. The molecule has 2 aliphatic rings. The van der Waals surface area contributed by atoms with Crippen molar-refractivity contribution in [2.45, 2.75) is 39.8 Å². The summed E-state index contributed by atoms with van der Waals surface area (Å²) < 4.78 is 7.08. The molecule has 0 bridgehead atoms. The lowest BCUT2D eigenvalue weighted by atomic mass is 9.79. The smallest absolute Gasteiger partial charge is 0.214 e. The number of pyridine rings is 2. The molecule has 0 atom stereocenters. The number of rotatable bonds is 4. The largest absolute Gasteiger partial charge is 0.361 e. The zero-order valence-electron chi connectivity index (χ0n) is 26.9. The van der Waals surface area contributed by atoms with Gasteiger partial charge in [-0.1, -0.05) is 56.2 Å². The van der Waals surface area contributed by atoms with Gasteiger partial charge in [-0.2, -0.15) is 9.13 Å². The van der Waals surface area contributed by atoms with Crippen molar-refractivity contribution < 1.29 is 9.13 Å². The van der Waals surface area contributed by atoms with Crippen molar-refractivity contribution in [1.29, 1.82) is 0 Å². The van der Waals surface area contributed by atoms with Gasteiger partial charge in [-0.05, 0) is 94.8 Å². The van der Waals surface area contributed by atoms with Gasteiger partial charge in [0.15, 0.2) is 25.5 Å². The van der Waals surface area contributed by atoms with E-state index in [0.717, 1.165) is 45.9 Å². The van der Waals surface area contributed by atoms with Crippen LogP contribution >= 0.6 is 31.9 Å². The monoisotopic (exact) mass is 752 g/mol. The summed E-state index contributed by atoms with van der Waals surface area (Å²) in [5.74, 6) is 0. The summed E-state index contributed by atoms with van der Waals surface area (Å²) in [6, 6.07) is 22.0. The maximum absolute atomic E-state index is 3.64. The van der Waals surface area contributed by atoms with Gasteiger partial charge >= 0.3 is 0 Å². The van der Waals surface area contributed by atoms with Crippen molar-refractivity contribution in [3.8, 4) is 22.5 Å². The summed E-state index contributed by atoms with van der Waals surface area (Å²) in [6.45, 7) is 6.66. The Labute approximate surface area is 296 Å². The van der Waals surface area contributed by atoms with E-state index in [1.165, 1.54) is 77.8 Å². The average molecular weight is 755 g/mol. The van der Waals surface area contributed by atoms with Gasteiger partial charge in [0.2, 0.25) is 11.4 Å². The lowest BCUT2D eigenvalue weighted by Gasteiger charge is -2.27. The molecule has 0 unspecified atom stereocenters. The Morgan fingerprint density at radius 2 is 1.04 bits per heavy atom. The molecule has 3 aromatic carbocycles. The maximum atomic E-state index is 3.64. The van der Waals surface area contributed by atoms with Gasteiger partial charge in [0.1, 0.15) is 0 Å². The molecule has 0 amide bonds. The number of nitrogens with one attached hydrogen (secondary N) is 2. The van der Waals surface area contributed by atoms with E-state index in [1.54, 1.807) is 0 Å². The van der Waals surface area contributed by atoms with E-state index in [1.807, 2.05) is 0 Å². The standard InChI is InChI=1S/C42H32Br2N4/c1-25-26(2)34-14-18-48-16-12-28(4-6-30-24-46-38-10-8-32(44)22-36(30)38)20-40(48)42(34)41-33(25)13-17-47-15-11-27(19-39(41)47)3-5-29-23-45-37-9-7-31(43)21-35(29)37/h3-12,15-16,19-24H,13-14,17-18H2,1-2H3/p+2. The molecule has 0 saturated heterocycles. The Kier molecular flexibility index (Phi) is 7.14. The molecule has 0 aliphatic carbocycles. The lowest BCUT2D eigenvalue weighted by molar-refractivity contribution is -0.689. The van der Waals surface area contributed by atoms with E-state index in [9.17, 15) is 0 Å². The van der Waals surface area contributed by atoms with Crippen molar-refractivity contribution in [3.63, 3.8) is 0 Å². The molecule has 0 fully saturated rings. The number of hydrogen-bond donors (Lipinski definition) is 2. The molecule has 2 aliphatic heterocycles. The number of halogens is 2. The Morgan fingerprint density at radius 1 is 0.583 bits per heavy atom. The van der Waals surface area contributed by atoms with E-state index < -0.39 is 0 Å². The number of aryl methyl sites for hydroxylation is 2. The number of hydrogen-bond acceptors (Lipinski definition) is 0. The highest BCUT2D eigenvalue weighted by Crippen LogP contribution is 2.43. The third-order valence-corrected chi connectivity index (χ3v) is 11.4. The van der Waals surface area contributed by atoms with Gasteiger partial charge in [-0.25, -0.2) is 0 Å². The van der Waals surface area contributed by atoms with E-state index >= 15 is 0 Å². The SMILES string of the molecule is Cc1c(C)c2c(c3c1CC[n+]1ccc(/C=C/c4c[nH]c5ccc(Br)cc45)cc1-3)-c1cc(/C=C/c3c[nH]c4ccc(Br)cc34)cc[n+]1CC2. The minimum absolute atomic E-state index is 0.991. The van der Waals surface area contributed by atoms with Crippen LogP contribution in [0.15, 0.2) is 94.4 Å². The van der Waals surface area contributed by atoms with Crippen molar-refractivity contribution in [2.75, 3.05) is 0 Å². The molecule has 6 heteroatoms. The van der Waals surface area contributed by atoms with Crippen LogP contribution in [0.5, 0.6) is 0 Å². The van der Waals surface area contributed by atoms with E-state index in [4.69, 9.17) is 0 Å². The summed E-state index contributed by atoms with van der Waals surface area (Å²) in [4.78, 5) is 6.83. The molecule has 48 heavy (non-hydrogen) atoms. The summed E-state index contributed by atoms with van der Waals surface area (Å²) >= 11 is 7.28. The second kappa shape index (κ2) is 11.6. The van der Waals surface area contributed by atoms with Gasteiger partial charge < -0.3 is 9.97 Å². The molecule has 234 valence electrons. The van der Waals surface area contributed by atoms with Crippen LogP contribution in [0, 0.1) is 13.8 Å². The predicted molar refractivity (Wildman–Crippen MR) is 204 cm³/mol. The number of benzene rings is 3. The van der Waals surface area contributed by atoms with E-state index in [0.29, 0.717) is 0 Å². The maximum Gasteiger partial charge on any atom is 0.214 e. The third kappa shape index (κ3) is 4.92. The van der Waals surface area contributed by atoms with Gasteiger partial charge in [0, 0.05) is 80.3 Å². The van der Waals surface area contributed by atoms with Crippen molar-refractivity contribution in [3.05, 3.63) is 139 Å². The summed E-state index contributed by atoms with van der Waals surface area (Å²) in [5.41, 5.74) is 18.4. The lowest BCUT2D eigenvalue weighted by Crippen LogP contribution is -2.43. The van der Waals surface area contributed by atoms with E-state index in [-0.39, 0.29) is 0 Å². The summed E-state index contributed by atoms with van der Waals surface area (Å²) in [6.07, 6.45) is 19.8. The Hall–Kier alpha value is -4.52. The van der Waals surface area contributed by atoms with Crippen LogP contribution in [0.1, 0.15) is 44.5 Å². The van der Waals surface area contributed by atoms with Gasteiger partial charge in [-0.3, -0.25) is 0 Å². The predicted octanol–water partition coefficient (Wildman–Crippen LogP) is 10.2. The van der Waals surface area contributed by atoms with Gasteiger partial charge in [0.25, 0.3) is 0 Å². The van der Waals surface area contributed by atoms with Crippen molar-refractivity contribution >= 4 is 78.0 Å². The molecule has 2 N–H and O–H groups in total. The average Bonchev–Trinajstić information content (AvgIpc) is 3.70. The Morgan fingerprint density at radius 3 is 1.50 bits per heavy atom. The number of fused-ring (bicyclic) bond motifs is 9. The molecule has 4 nitrogen and oxygen atoms in total. The van der Waals surface area contributed by atoms with Gasteiger partial charge in [0.05, 0.1) is 11.1 Å². The third-order valence-electron chi connectivity index (χ3n) is 10.4. The minimum atomic E-state index is 0.991. The molecule has 7 aromatic rings. The number of H-pyrrole nitrogens is 2. The van der Waals surface area contributed by atoms with Crippen LogP contribution < -0.4 is 9.13 Å². The zero-order valence-corrected chi connectivity index (χ0v) is 30.0. The zero-order chi connectivity index (χ0) is 32.5. The van der Waals surface area contributed by atoms with Crippen LogP contribution in [0.4, 0.5) is 0 Å². The molecule has 4 aromatic heterocycles. The Bertz CT molecular complexity index is 2340. The van der Waals surface area contributed by atoms with Crippen LogP contribution in [0.3, 0.4) is 0 Å². The Balaban J connectivity index is 1.16. The minimum Gasteiger partial charge on any atom is -0.361 e. The highest BCUT2D eigenvalue weighted by Gasteiger charge is 2.36. The first-order valence-corrected chi connectivity index (χ1v) is 18.1. The van der Waals surface area contributed by atoms with Crippen LogP contribution in [-0.4, -0.2) is 9.97 Å². The fourth-order valence-electron chi connectivity index (χ4n) is 7.78. The van der Waals surface area contributed by atoms with Crippen molar-refractivity contribution in [1.82, 2.24) is 9.97 Å². The number of nitrogens with zero attached hydrogens (tertiary/aromatic N) is 2. The normalized spacial score (nSPS) is 13.8. The first-order valence-electron chi connectivity index (χ1n) is 16.5. The molecule has 9 rings (SSSR count). The molecule has 0 spiro atoms. The second-order valence-corrected chi connectivity index (χ2v) is 14.9. The first kappa shape index (κ1) is 29.6. The highest BCUT2D eigenvalue weighted by molar-refractivity contribution is 9.10. The molecular formula is C42H34Br2N4+2. The number of aromatic nitrogens is 4. The van der Waals surface area contributed by atoms with E-state index in [2.05, 4.69) is 175 Å². The number of aromatic amines is 2. The summed E-state index contributed by atoms with van der Waals surface area (Å²) in [5, 5.41) is 2.43. The van der Waals surface area contributed by atoms with Crippen LogP contribution in [-0.2, 0) is 25.9 Å². The van der Waals surface area contributed by atoms with Crippen molar-refractivity contribution in [2.24, 2.45) is 0 Å². The molecule has 6 heterocycles. The van der Waals surface area contributed by atoms with Crippen LogP contribution in [0.2, 0.25) is 0 Å². The molecular weight excluding hydrogens is 720 g/mol. The fourth-order valence-corrected chi connectivity index (χ4v) is 8.50. The molecule has 0 saturated carbocycles.